The van der Waals surface area contributed by atoms with Gasteiger partial charge in [-0.25, -0.2) is 0 Å². The predicted molar refractivity (Wildman–Crippen MR) is 38.8 cm³/mol. The summed E-state index contributed by atoms with van der Waals surface area (Å²) in [6, 6.07) is 4.40. The van der Waals surface area contributed by atoms with Crippen LogP contribution in [0.2, 0.25) is 0 Å². The van der Waals surface area contributed by atoms with Gasteiger partial charge in [0, 0.05) is 0 Å². The fourth-order valence-electron chi connectivity index (χ4n) is 0.694. The van der Waals surface area contributed by atoms with Crippen LogP contribution in [-0.2, 0) is 0 Å². The van der Waals surface area contributed by atoms with E-state index in [1.165, 1.54) is 5.39 Å². The first-order chi connectivity index (χ1) is 3.97. The molecule has 2 aromatic heterocycles. The molecule has 0 aliphatic heterocycles. The van der Waals surface area contributed by atoms with Crippen molar-refractivity contribution in [3.63, 3.8) is 0 Å². The van der Waals surface area contributed by atoms with Gasteiger partial charge in [-0.05, 0) is 0 Å². The van der Waals surface area contributed by atoms with Gasteiger partial charge in [0.1, 0.15) is 0 Å². The van der Waals surface area contributed by atoms with Crippen molar-refractivity contribution in [2.75, 3.05) is 0 Å². The fraction of sp³-hybridized carbons (Fsp3) is 0. The Morgan fingerprint density at radius 1 is 1.38 bits per heavy atom. The summed E-state index contributed by atoms with van der Waals surface area (Å²) in [6.07, 6.45) is 0. The summed E-state index contributed by atoms with van der Waals surface area (Å²) in [7, 11) is 0. The molecule has 0 fully saturated rings. The van der Waals surface area contributed by atoms with E-state index in [4.69, 9.17) is 0 Å². The molecule has 0 saturated heterocycles. The molecule has 0 spiro atoms. The molecule has 8 heavy (non-hydrogen) atoms. The van der Waals surface area contributed by atoms with E-state index in [9.17, 15) is 0 Å². The van der Waals surface area contributed by atoms with Gasteiger partial charge in [0.15, 0.2) is 0 Å². The van der Waals surface area contributed by atoms with Crippen LogP contribution in [0.25, 0.3) is 8.96 Å². The quantitative estimate of drug-likeness (QED) is 0.553. The molecular weight excluding hydrogens is 183 g/mol. The van der Waals surface area contributed by atoms with Gasteiger partial charge in [-0.3, -0.25) is 0 Å². The zero-order chi connectivity index (χ0) is 5.40. The predicted octanol–water partition coefficient (Wildman–Crippen LogP) is 1.96. The summed E-state index contributed by atoms with van der Waals surface area (Å²) < 4.78 is 1.58. The summed E-state index contributed by atoms with van der Waals surface area (Å²) in [5.41, 5.74) is 0. The molecule has 2 heterocycles. The molecule has 0 N–H and O–H groups in total. The molecule has 0 aliphatic carbocycles. The third-order valence-electron chi connectivity index (χ3n) is 1.08. The Balaban J connectivity index is 3.06. The molecule has 0 saturated carbocycles. The molecule has 0 radical (unpaired) electrons. The van der Waals surface area contributed by atoms with Crippen molar-refractivity contribution >= 4 is 34.8 Å². The van der Waals surface area contributed by atoms with E-state index in [2.05, 4.69) is 22.5 Å². The summed E-state index contributed by atoms with van der Waals surface area (Å²) >= 11 is 2.55. The van der Waals surface area contributed by atoms with Crippen LogP contribution in [0.15, 0.2) is 22.5 Å². The molecule has 0 aromatic carbocycles. The van der Waals surface area contributed by atoms with Crippen molar-refractivity contribution in [3.8, 4) is 0 Å². The Hall–Kier alpha value is -0.0405. The molecule has 0 unspecified atom stereocenters. The van der Waals surface area contributed by atoms with Gasteiger partial charge >= 0.3 is 57.3 Å². The summed E-state index contributed by atoms with van der Waals surface area (Å²) in [4.78, 5) is 2.27. The molecule has 0 nitrogen and oxygen atoms in total. The normalized spacial score (nSPS) is 10.5. The molecule has 2 heteroatoms. The van der Waals surface area contributed by atoms with Crippen LogP contribution < -0.4 is 0 Å². The van der Waals surface area contributed by atoms with Gasteiger partial charge in [-0.1, -0.05) is 0 Å². The molecule has 0 atom stereocenters. The van der Waals surface area contributed by atoms with Crippen molar-refractivity contribution < 1.29 is 0 Å². The summed E-state index contributed by atoms with van der Waals surface area (Å²) in [5, 5.41) is 3.62. The van der Waals surface area contributed by atoms with Crippen molar-refractivity contribution in [2.45, 2.75) is 0 Å². The average Bonchev–Trinajstić information content (AvgIpc) is 2.15. The van der Waals surface area contributed by atoms with Crippen LogP contribution >= 0.6 is 11.3 Å². The van der Waals surface area contributed by atoms with Gasteiger partial charge in [0.05, 0.1) is 0 Å². The molecule has 2 rings (SSSR count). The van der Waals surface area contributed by atoms with E-state index in [0.717, 1.165) is 0 Å². The first kappa shape index (κ1) is 4.80. The van der Waals surface area contributed by atoms with Crippen LogP contribution in [0.3, 0.4) is 0 Å². The molecule has 0 amide bonds. The first-order valence-electron chi connectivity index (χ1n) is 2.37. The average molecular weight is 187 g/mol. The second-order valence-corrected chi connectivity index (χ2v) is 5.01. The number of thiophene rings is 1. The van der Waals surface area contributed by atoms with Crippen LogP contribution in [-0.4, -0.2) is 14.5 Å². The number of rotatable bonds is 0. The van der Waals surface area contributed by atoms with Gasteiger partial charge in [-0.2, -0.15) is 0 Å². The van der Waals surface area contributed by atoms with Gasteiger partial charge in [0.2, 0.25) is 0 Å². The van der Waals surface area contributed by atoms with Crippen LogP contribution in [0.4, 0.5) is 0 Å². The number of fused-ring (bicyclic) bond motifs is 1. The molecule has 0 bridgehead atoms. The second-order valence-electron chi connectivity index (χ2n) is 1.58. The van der Waals surface area contributed by atoms with Crippen molar-refractivity contribution in [3.05, 3.63) is 22.5 Å². The van der Waals surface area contributed by atoms with Crippen LogP contribution in [0.5, 0.6) is 0 Å². The maximum absolute atomic E-state index is 2.27. The van der Waals surface area contributed by atoms with Crippen LogP contribution in [0, 0.1) is 0 Å². The zero-order valence-electron chi connectivity index (χ0n) is 4.13. The molecule has 40 valence electrons. The van der Waals surface area contributed by atoms with E-state index in [-0.39, 0.29) is 0 Å². The number of hydrogen-bond donors (Lipinski definition) is 0. The van der Waals surface area contributed by atoms with Crippen molar-refractivity contribution in [1.29, 1.82) is 0 Å². The minimum absolute atomic E-state index is 0.670. The van der Waals surface area contributed by atoms with E-state index >= 15 is 0 Å². The minimum atomic E-state index is 0.670. The van der Waals surface area contributed by atoms with Crippen molar-refractivity contribution in [1.82, 2.24) is 0 Å². The van der Waals surface area contributed by atoms with Gasteiger partial charge < -0.3 is 0 Å². The Morgan fingerprint density at radius 3 is 3.25 bits per heavy atom. The van der Waals surface area contributed by atoms with E-state index in [1.54, 1.807) is 3.57 Å². The van der Waals surface area contributed by atoms with E-state index in [0.29, 0.717) is 14.5 Å². The summed E-state index contributed by atoms with van der Waals surface area (Å²) in [6.45, 7) is 0. The Bertz CT molecular complexity index is 230. The van der Waals surface area contributed by atoms with E-state index in [1.807, 2.05) is 11.3 Å². The third-order valence-corrected chi connectivity index (χ3v) is 4.42. The standard InChI is InChI=1S/C6H4SSe/c1-3-7-6-5(1)2-4-8-6/h1-4H. The Kier molecular flexibility index (Phi) is 1.04. The Labute approximate surface area is 57.5 Å². The first-order valence-corrected chi connectivity index (χ1v) is 5.10. The van der Waals surface area contributed by atoms with Gasteiger partial charge in [-0.15, -0.1) is 0 Å². The third kappa shape index (κ3) is 0.575. The maximum atomic E-state index is 2.27. The van der Waals surface area contributed by atoms with Crippen molar-refractivity contribution in [2.24, 2.45) is 0 Å². The summed E-state index contributed by atoms with van der Waals surface area (Å²) in [5.74, 6) is 0. The van der Waals surface area contributed by atoms with E-state index < -0.39 is 0 Å². The topological polar surface area (TPSA) is 0 Å². The monoisotopic (exact) mass is 188 g/mol. The zero-order valence-corrected chi connectivity index (χ0v) is 6.66. The molecule has 2 aromatic rings. The van der Waals surface area contributed by atoms with Crippen LogP contribution in [0.1, 0.15) is 0 Å². The van der Waals surface area contributed by atoms with Gasteiger partial charge in [0.25, 0.3) is 0 Å². The number of hydrogen-bond acceptors (Lipinski definition) is 1. The molecular formula is C6H4SSe. The molecule has 0 aliphatic rings. The second kappa shape index (κ2) is 1.73. The fourth-order valence-corrected chi connectivity index (χ4v) is 3.63. The Morgan fingerprint density at radius 2 is 2.38 bits per heavy atom. The SMILES string of the molecule is c1cc2cc[se]c2s1.